The number of imidazole rings is 1. The molecule has 112 valence electrons. The summed E-state index contributed by atoms with van der Waals surface area (Å²) in [5, 5.41) is 15.8. The Hall–Kier alpha value is -2.16. The Morgan fingerprint density at radius 2 is 2.24 bits per heavy atom. The summed E-state index contributed by atoms with van der Waals surface area (Å²) in [5.41, 5.74) is 0. The first-order valence-electron chi connectivity index (χ1n) is 6.73. The van der Waals surface area contributed by atoms with Crippen LogP contribution in [0.3, 0.4) is 0 Å². The van der Waals surface area contributed by atoms with Gasteiger partial charge in [0.2, 0.25) is 11.7 Å². The van der Waals surface area contributed by atoms with Gasteiger partial charge in [0, 0.05) is 18.5 Å². The Bertz CT molecular complexity index is 688. The Morgan fingerprint density at radius 1 is 1.52 bits per heavy atom. The zero-order valence-corrected chi connectivity index (χ0v) is 12.3. The van der Waals surface area contributed by atoms with E-state index in [9.17, 15) is 14.9 Å². The van der Waals surface area contributed by atoms with Crippen LogP contribution < -0.4 is 5.32 Å². The number of nitro groups is 1. The van der Waals surface area contributed by atoms with E-state index in [0.717, 1.165) is 25.9 Å². The van der Waals surface area contributed by atoms with Crippen LogP contribution in [-0.4, -0.2) is 44.2 Å². The number of fused-ring (bicyclic) bond motifs is 1. The number of likely N-dealkylation sites (tertiary alicyclic amines) is 1. The molecule has 1 aliphatic rings. The van der Waals surface area contributed by atoms with Gasteiger partial charge in [-0.15, -0.1) is 0 Å². The monoisotopic (exact) mass is 309 g/mol. The minimum atomic E-state index is -0.536. The number of hydrogen-bond donors (Lipinski definition) is 1. The van der Waals surface area contributed by atoms with Gasteiger partial charge in [-0.2, -0.15) is 9.38 Å². The molecular formula is C12H15N5O3S. The molecule has 1 unspecified atom stereocenters. The van der Waals surface area contributed by atoms with Crippen molar-refractivity contribution < 1.29 is 9.72 Å². The Kier molecular flexibility index (Phi) is 3.50. The number of nitrogens with one attached hydrogen (secondary N) is 1. The maximum atomic E-state index is 12.2. The number of nitrogens with zero attached hydrogens (tertiary/aromatic N) is 4. The molecule has 0 radical (unpaired) electrons. The van der Waals surface area contributed by atoms with Gasteiger partial charge in [-0.1, -0.05) is 11.3 Å². The first kappa shape index (κ1) is 13.8. The highest BCUT2D eigenvalue weighted by atomic mass is 32.1. The maximum Gasteiger partial charge on any atom is 0.372 e. The van der Waals surface area contributed by atoms with Crippen LogP contribution in [-0.2, 0) is 4.79 Å². The molecule has 2 aromatic rings. The molecule has 2 aromatic heterocycles. The SMILES string of the molecule is CC(Nc1nc2sccn2c1[N+](=O)[O-])C(=O)N1CCCC1. The standard InChI is InChI=1S/C12H15N5O3S/c1-8(11(18)15-4-2-3-5-15)13-9-10(17(19)20)16-6-7-21-12(16)14-9/h6-8,13H,2-5H2,1H3. The molecule has 0 saturated carbocycles. The molecule has 1 fully saturated rings. The number of carbonyl (C=O) groups excluding carboxylic acids is 1. The summed E-state index contributed by atoms with van der Waals surface area (Å²) in [6, 6.07) is -0.536. The van der Waals surface area contributed by atoms with E-state index in [0.29, 0.717) is 4.96 Å². The van der Waals surface area contributed by atoms with Crippen LogP contribution in [0, 0.1) is 10.1 Å². The molecule has 1 aliphatic heterocycles. The van der Waals surface area contributed by atoms with Crippen molar-refractivity contribution in [2.75, 3.05) is 18.4 Å². The lowest BCUT2D eigenvalue weighted by Gasteiger charge is -2.20. The van der Waals surface area contributed by atoms with Crippen LogP contribution in [0.1, 0.15) is 19.8 Å². The lowest BCUT2D eigenvalue weighted by atomic mass is 10.3. The quantitative estimate of drug-likeness (QED) is 0.686. The predicted octanol–water partition coefficient (Wildman–Crippen LogP) is 1.73. The highest BCUT2D eigenvalue weighted by molar-refractivity contribution is 7.15. The molecule has 0 bridgehead atoms. The minimum Gasteiger partial charge on any atom is -0.358 e. The maximum absolute atomic E-state index is 12.2. The van der Waals surface area contributed by atoms with Crippen LogP contribution in [0.5, 0.6) is 0 Å². The van der Waals surface area contributed by atoms with Gasteiger partial charge in [0.1, 0.15) is 12.2 Å². The molecule has 3 heterocycles. The van der Waals surface area contributed by atoms with E-state index in [1.54, 1.807) is 23.4 Å². The fraction of sp³-hybridized carbons (Fsp3) is 0.500. The van der Waals surface area contributed by atoms with Crippen molar-refractivity contribution in [3.8, 4) is 0 Å². The van der Waals surface area contributed by atoms with Crippen molar-refractivity contribution in [2.24, 2.45) is 0 Å². The van der Waals surface area contributed by atoms with E-state index < -0.39 is 11.0 Å². The van der Waals surface area contributed by atoms with Gasteiger partial charge in [-0.25, -0.2) is 0 Å². The number of hydrogen-bond acceptors (Lipinski definition) is 6. The Balaban J connectivity index is 1.83. The normalized spacial score (nSPS) is 16.3. The molecule has 0 aliphatic carbocycles. The number of thiazole rings is 1. The van der Waals surface area contributed by atoms with Crippen molar-refractivity contribution in [3.05, 3.63) is 21.7 Å². The predicted molar refractivity (Wildman–Crippen MR) is 78.6 cm³/mol. The number of aromatic nitrogens is 2. The van der Waals surface area contributed by atoms with Gasteiger partial charge in [-0.3, -0.25) is 4.79 Å². The van der Waals surface area contributed by atoms with E-state index >= 15 is 0 Å². The number of anilines is 1. The first-order valence-corrected chi connectivity index (χ1v) is 7.61. The van der Waals surface area contributed by atoms with Crippen LogP contribution in [0.15, 0.2) is 11.6 Å². The first-order chi connectivity index (χ1) is 10.1. The third kappa shape index (κ3) is 2.44. The largest absolute Gasteiger partial charge is 0.372 e. The molecule has 1 atom stereocenters. The van der Waals surface area contributed by atoms with Crippen LogP contribution in [0.4, 0.5) is 11.6 Å². The molecule has 3 rings (SSSR count). The summed E-state index contributed by atoms with van der Waals surface area (Å²) in [6.07, 6.45) is 3.63. The highest BCUT2D eigenvalue weighted by Gasteiger charge is 2.28. The lowest BCUT2D eigenvalue weighted by Crippen LogP contribution is -2.39. The van der Waals surface area contributed by atoms with Crippen LogP contribution in [0.2, 0.25) is 0 Å². The zero-order chi connectivity index (χ0) is 15.0. The van der Waals surface area contributed by atoms with Gasteiger partial charge >= 0.3 is 5.82 Å². The number of carbonyl (C=O) groups is 1. The molecule has 8 nitrogen and oxygen atoms in total. The summed E-state index contributed by atoms with van der Waals surface area (Å²) in [7, 11) is 0. The second-order valence-electron chi connectivity index (χ2n) is 5.00. The zero-order valence-electron chi connectivity index (χ0n) is 11.5. The van der Waals surface area contributed by atoms with E-state index in [1.807, 2.05) is 0 Å². The van der Waals surface area contributed by atoms with Crippen molar-refractivity contribution >= 4 is 33.8 Å². The lowest BCUT2D eigenvalue weighted by molar-refractivity contribution is -0.389. The van der Waals surface area contributed by atoms with Crippen molar-refractivity contribution in [3.63, 3.8) is 0 Å². The third-order valence-corrected chi connectivity index (χ3v) is 4.31. The fourth-order valence-electron chi connectivity index (χ4n) is 2.52. The number of rotatable bonds is 4. The van der Waals surface area contributed by atoms with E-state index in [2.05, 4.69) is 10.3 Å². The molecule has 1 N–H and O–H groups in total. The van der Waals surface area contributed by atoms with Crippen molar-refractivity contribution in [2.45, 2.75) is 25.8 Å². The van der Waals surface area contributed by atoms with Crippen molar-refractivity contribution in [1.29, 1.82) is 0 Å². The summed E-state index contributed by atoms with van der Waals surface area (Å²) in [5.74, 6) is -0.0302. The minimum absolute atomic E-state index is 0.0434. The topological polar surface area (TPSA) is 92.8 Å². The van der Waals surface area contributed by atoms with E-state index in [4.69, 9.17) is 0 Å². The van der Waals surface area contributed by atoms with Gasteiger partial charge in [0.25, 0.3) is 4.96 Å². The third-order valence-electron chi connectivity index (χ3n) is 3.55. The van der Waals surface area contributed by atoms with Gasteiger partial charge in [-0.05, 0) is 24.7 Å². The summed E-state index contributed by atoms with van der Waals surface area (Å²) >= 11 is 1.31. The molecule has 9 heteroatoms. The second kappa shape index (κ2) is 5.32. The van der Waals surface area contributed by atoms with Crippen LogP contribution in [0.25, 0.3) is 4.96 Å². The molecule has 0 spiro atoms. The fourth-order valence-corrected chi connectivity index (χ4v) is 3.23. The number of amides is 1. The molecule has 1 saturated heterocycles. The summed E-state index contributed by atoms with van der Waals surface area (Å²) in [4.78, 5) is 29.5. The summed E-state index contributed by atoms with van der Waals surface area (Å²) < 4.78 is 1.42. The van der Waals surface area contributed by atoms with Gasteiger partial charge < -0.3 is 20.3 Å². The average Bonchev–Trinajstić information content (AvgIpc) is 3.13. The molecule has 1 amide bonds. The van der Waals surface area contributed by atoms with Gasteiger partial charge in [0.15, 0.2) is 0 Å². The smallest absolute Gasteiger partial charge is 0.358 e. The van der Waals surface area contributed by atoms with E-state index in [1.165, 1.54) is 15.7 Å². The Labute approximate surface area is 124 Å². The highest BCUT2D eigenvalue weighted by Crippen LogP contribution is 2.28. The van der Waals surface area contributed by atoms with Gasteiger partial charge in [0.05, 0.1) is 0 Å². The molecule has 21 heavy (non-hydrogen) atoms. The van der Waals surface area contributed by atoms with Crippen LogP contribution >= 0.6 is 11.3 Å². The van der Waals surface area contributed by atoms with Crippen molar-refractivity contribution in [1.82, 2.24) is 14.3 Å². The van der Waals surface area contributed by atoms with E-state index in [-0.39, 0.29) is 17.5 Å². The average molecular weight is 309 g/mol. The molecular weight excluding hydrogens is 294 g/mol. The molecule has 0 aromatic carbocycles. The Morgan fingerprint density at radius 3 is 2.90 bits per heavy atom. The summed E-state index contributed by atoms with van der Waals surface area (Å²) in [6.45, 7) is 3.22. The second-order valence-corrected chi connectivity index (χ2v) is 5.87.